The van der Waals surface area contributed by atoms with E-state index in [-0.39, 0.29) is 5.56 Å². The smallest absolute Gasteiger partial charge is 0.416 e. The summed E-state index contributed by atoms with van der Waals surface area (Å²) in [5.74, 6) is 0.802. The summed E-state index contributed by atoms with van der Waals surface area (Å²) in [6, 6.07) is 10.7. The summed E-state index contributed by atoms with van der Waals surface area (Å²) in [5.41, 5.74) is -0.320. The first kappa shape index (κ1) is 19.1. The number of halogens is 3. The molecule has 3 fully saturated rings. The molecule has 0 radical (unpaired) electrons. The molecule has 2 aromatic carbocycles. The molecule has 1 aromatic heterocycles. The Kier molecular flexibility index (Phi) is 4.54. The van der Waals surface area contributed by atoms with Crippen molar-refractivity contribution in [3.05, 3.63) is 48.0 Å². The Morgan fingerprint density at radius 2 is 1.73 bits per heavy atom. The third-order valence-electron chi connectivity index (χ3n) is 6.25. The molecule has 0 saturated carbocycles. The highest BCUT2D eigenvalue weighted by Gasteiger charge is 2.35. The van der Waals surface area contributed by atoms with Gasteiger partial charge in [-0.2, -0.15) is 13.2 Å². The second-order valence-electron chi connectivity index (χ2n) is 8.06. The fourth-order valence-corrected chi connectivity index (χ4v) is 4.62. The molecular formula is C22H21F3N4O. The number of piperidine rings is 3. The molecular weight excluding hydrogens is 393 g/mol. The van der Waals surface area contributed by atoms with E-state index in [1.54, 1.807) is 0 Å². The summed E-state index contributed by atoms with van der Waals surface area (Å²) in [7, 11) is 0. The van der Waals surface area contributed by atoms with Crippen LogP contribution in [0.4, 0.5) is 19.0 Å². The average Bonchev–Trinajstić information content (AvgIpc) is 2.74. The van der Waals surface area contributed by atoms with Crippen molar-refractivity contribution >= 4 is 16.6 Å². The Hall–Kier alpha value is -2.87. The van der Waals surface area contributed by atoms with Gasteiger partial charge in [-0.3, -0.25) is 0 Å². The highest BCUT2D eigenvalue weighted by Crippen LogP contribution is 2.39. The van der Waals surface area contributed by atoms with Crippen molar-refractivity contribution in [1.29, 1.82) is 0 Å². The largest absolute Gasteiger partial charge is 0.507 e. The van der Waals surface area contributed by atoms with Crippen LogP contribution in [0.5, 0.6) is 5.75 Å². The number of aromatic nitrogens is 2. The fraction of sp³-hybridized carbons (Fsp3) is 0.364. The number of hydrogen-bond acceptors (Lipinski definition) is 5. The van der Waals surface area contributed by atoms with Gasteiger partial charge < -0.3 is 15.3 Å². The number of hydrogen-bond donors (Lipinski definition) is 2. The molecule has 0 spiro atoms. The van der Waals surface area contributed by atoms with Crippen molar-refractivity contribution in [2.24, 2.45) is 5.92 Å². The van der Waals surface area contributed by atoms with Crippen molar-refractivity contribution in [1.82, 2.24) is 15.1 Å². The minimum atomic E-state index is -4.52. The summed E-state index contributed by atoms with van der Waals surface area (Å²) >= 11 is 0. The molecule has 1 unspecified atom stereocenters. The number of benzene rings is 2. The number of phenols is 1. The number of phenolic OH excluding ortho intramolecular Hbond substituents is 1. The number of fused-ring (bicyclic) bond motifs is 4. The van der Waals surface area contributed by atoms with Gasteiger partial charge in [0, 0.05) is 28.9 Å². The van der Waals surface area contributed by atoms with Gasteiger partial charge in [-0.25, -0.2) is 0 Å². The number of anilines is 1. The molecule has 0 aliphatic carbocycles. The Morgan fingerprint density at radius 3 is 2.37 bits per heavy atom. The van der Waals surface area contributed by atoms with Gasteiger partial charge in [-0.05, 0) is 50.0 Å². The standard InChI is InChI=1S/C22H21F3N4O/c23-22(24,25)14-5-6-17(19(30)11-14)20-15-3-1-2-4-16(15)21(28-27-20)26-18-12-29-9-7-13(18)8-10-29/h1-6,11,13,18,30H,7-10,12H2,(H,26,28). The maximum absolute atomic E-state index is 12.9. The Morgan fingerprint density at radius 1 is 1.00 bits per heavy atom. The minimum absolute atomic E-state index is 0.223. The van der Waals surface area contributed by atoms with Crippen LogP contribution in [0, 0.1) is 5.92 Å². The van der Waals surface area contributed by atoms with Crippen molar-refractivity contribution in [2.75, 3.05) is 25.0 Å². The molecule has 3 aliphatic heterocycles. The van der Waals surface area contributed by atoms with Crippen LogP contribution in [0.25, 0.3) is 22.0 Å². The second kappa shape index (κ2) is 7.12. The van der Waals surface area contributed by atoms with E-state index in [0.717, 1.165) is 42.5 Å². The first-order valence-corrected chi connectivity index (χ1v) is 10.0. The molecule has 2 N–H and O–H groups in total. The molecule has 3 saturated heterocycles. The lowest BCUT2D eigenvalue weighted by Crippen LogP contribution is -2.53. The molecule has 0 amide bonds. The zero-order valence-corrected chi connectivity index (χ0v) is 16.2. The quantitative estimate of drug-likeness (QED) is 0.660. The van der Waals surface area contributed by atoms with E-state index in [9.17, 15) is 18.3 Å². The lowest BCUT2D eigenvalue weighted by atomic mass is 9.84. The first-order chi connectivity index (χ1) is 14.4. The molecule has 2 bridgehead atoms. The van der Waals surface area contributed by atoms with E-state index in [1.165, 1.54) is 18.9 Å². The maximum Gasteiger partial charge on any atom is 0.416 e. The molecule has 8 heteroatoms. The normalized spacial score (nSPS) is 23.6. The first-order valence-electron chi connectivity index (χ1n) is 10.0. The van der Waals surface area contributed by atoms with Gasteiger partial charge in [0.05, 0.1) is 5.56 Å². The topological polar surface area (TPSA) is 61.3 Å². The predicted octanol–water partition coefficient (Wildman–Crippen LogP) is 4.53. The van der Waals surface area contributed by atoms with Crippen LogP contribution in [-0.2, 0) is 6.18 Å². The van der Waals surface area contributed by atoms with Crippen LogP contribution in [-0.4, -0.2) is 45.9 Å². The predicted molar refractivity (Wildman–Crippen MR) is 108 cm³/mol. The van der Waals surface area contributed by atoms with Crippen molar-refractivity contribution < 1.29 is 18.3 Å². The Bertz CT molecular complexity index is 1090. The number of alkyl halides is 3. The summed E-state index contributed by atoms with van der Waals surface area (Å²) in [4.78, 5) is 2.45. The fourth-order valence-electron chi connectivity index (χ4n) is 4.62. The summed E-state index contributed by atoms with van der Waals surface area (Å²) in [6.45, 7) is 3.25. The Labute approximate surface area is 171 Å². The highest BCUT2D eigenvalue weighted by molar-refractivity contribution is 6.00. The van der Waals surface area contributed by atoms with E-state index in [0.29, 0.717) is 23.5 Å². The second-order valence-corrected chi connectivity index (χ2v) is 8.06. The molecule has 3 aliphatic rings. The van der Waals surface area contributed by atoms with Crippen LogP contribution in [0.2, 0.25) is 0 Å². The number of rotatable bonds is 3. The van der Waals surface area contributed by atoms with Crippen molar-refractivity contribution in [3.8, 4) is 17.0 Å². The van der Waals surface area contributed by atoms with E-state index in [1.807, 2.05) is 24.3 Å². The SMILES string of the molecule is Oc1cc(C(F)(F)F)ccc1-c1nnc(NC2CN3CCC2CC3)c2ccccc12. The summed E-state index contributed by atoms with van der Waals surface area (Å²) in [6.07, 6.45) is -2.19. The van der Waals surface area contributed by atoms with Gasteiger partial charge >= 0.3 is 6.18 Å². The molecule has 5 nitrogen and oxygen atoms in total. The third-order valence-corrected chi connectivity index (χ3v) is 6.25. The maximum atomic E-state index is 12.9. The molecule has 4 heterocycles. The number of nitrogens with zero attached hydrogens (tertiary/aromatic N) is 3. The lowest BCUT2D eigenvalue weighted by molar-refractivity contribution is -0.137. The minimum Gasteiger partial charge on any atom is -0.507 e. The lowest BCUT2D eigenvalue weighted by Gasteiger charge is -2.45. The monoisotopic (exact) mass is 414 g/mol. The van der Waals surface area contributed by atoms with Crippen molar-refractivity contribution in [2.45, 2.75) is 25.1 Å². The van der Waals surface area contributed by atoms with Crippen LogP contribution >= 0.6 is 0 Å². The number of aromatic hydroxyl groups is 1. The van der Waals surface area contributed by atoms with E-state index >= 15 is 0 Å². The zero-order valence-electron chi connectivity index (χ0n) is 16.2. The van der Waals surface area contributed by atoms with Gasteiger partial charge in [0.15, 0.2) is 5.82 Å². The van der Waals surface area contributed by atoms with Crippen molar-refractivity contribution in [3.63, 3.8) is 0 Å². The summed E-state index contributed by atoms with van der Waals surface area (Å²) < 4.78 is 38.8. The molecule has 6 rings (SSSR count). The van der Waals surface area contributed by atoms with E-state index < -0.39 is 17.5 Å². The number of nitrogens with one attached hydrogen (secondary N) is 1. The van der Waals surface area contributed by atoms with Gasteiger partial charge in [0.2, 0.25) is 0 Å². The van der Waals surface area contributed by atoms with Gasteiger partial charge in [-0.1, -0.05) is 24.3 Å². The van der Waals surface area contributed by atoms with Crippen LogP contribution in [0.3, 0.4) is 0 Å². The Balaban J connectivity index is 1.53. The van der Waals surface area contributed by atoms with Gasteiger partial charge in [0.1, 0.15) is 11.4 Å². The zero-order chi connectivity index (χ0) is 20.9. The summed E-state index contributed by atoms with van der Waals surface area (Å²) in [5, 5.41) is 24.0. The van der Waals surface area contributed by atoms with Crippen LogP contribution < -0.4 is 5.32 Å². The molecule has 3 aromatic rings. The van der Waals surface area contributed by atoms with E-state index in [4.69, 9.17) is 0 Å². The average molecular weight is 414 g/mol. The van der Waals surface area contributed by atoms with Crippen LogP contribution in [0.1, 0.15) is 18.4 Å². The molecule has 1 atom stereocenters. The van der Waals surface area contributed by atoms with Gasteiger partial charge in [-0.15, -0.1) is 10.2 Å². The highest BCUT2D eigenvalue weighted by atomic mass is 19.4. The van der Waals surface area contributed by atoms with Crippen LogP contribution in [0.15, 0.2) is 42.5 Å². The molecule has 30 heavy (non-hydrogen) atoms. The third kappa shape index (κ3) is 3.35. The van der Waals surface area contributed by atoms with E-state index in [2.05, 4.69) is 20.4 Å². The molecule has 156 valence electrons. The van der Waals surface area contributed by atoms with Gasteiger partial charge in [0.25, 0.3) is 0 Å².